The van der Waals surface area contributed by atoms with Gasteiger partial charge in [-0.3, -0.25) is 4.79 Å². The van der Waals surface area contributed by atoms with E-state index < -0.39 is 0 Å². The van der Waals surface area contributed by atoms with E-state index in [2.05, 4.69) is 20.3 Å². The fourth-order valence-corrected chi connectivity index (χ4v) is 3.45. The van der Waals surface area contributed by atoms with E-state index in [1.54, 1.807) is 6.20 Å². The normalized spacial score (nSPS) is 17.6. The minimum absolute atomic E-state index is 0.00362. The lowest BCUT2D eigenvalue weighted by atomic mass is 10.0. The summed E-state index contributed by atoms with van der Waals surface area (Å²) in [6, 6.07) is 11.7. The number of carbonyl (C=O) groups excluding carboxylic acids is 1. The van der Waals surface area contributed by atoms with E-state index in [4.69, 9.17) is 0 Å². The number of anilines is 1. The van der Waals surface area contributed by atoms with E-state index in [0.29, 0.717) is 0 Å². The number of aryl methyl sites for hydroxylation is 1. The van der Waals surface area contributed by atoms with E-state index in [-0.39, 0.29) is 11.9 Å². The maximum Gasteiger partial charge on any atom is 0.251 e. The van der Waals surface area contributed by atoms with Crippen molar-refractivity contribution >= 4 is 17.4 Å². The molecule has 6 nitrogen and oxygen atoms in total. The molecule has 1 N–H and O–H groups in total. The first-order valence-corrected chi connectivity index (χ1v) is 8.62. The van der Waals surface area contributed by atoms with Gasteiger partial charge in [-0.25, -0.2) is 4.98 Å². The summed E-state index contributed by atoms with van der Waals surface area (Å²) in [5.41, 5.74) is 2.58. The Labute approximate surface area is 146 Å². The van der Waals surface area contributed by atoms with E-state index in [1.807, 2.05) is 54.0 Å². The van der Waals surface area contributed by atoms with Crippen molar-refractivity contribution in [2.75, 3.05) is 18.0 Å². The Bertz CT molecular complexity index is 903. The number of hydrogen-bond acceptors (Lipinski definition) is 4. The highest BCUT2D eigenvalue weighted by molar-refractivity contribution is 5.95. The van der Waals surface area contributed by atoms with Crippen LogP contribution >= 0.6 is 0 Å². The summed E-state index contributed by atoms with van der Waals surface area (Å²) < 4.78 is 1.85. The molecule has 0 saturated carbocycles. The van der Waals surface area contributed by atoms with Crippen LogP contribution in [0.2, 0.25) is 0 Å². The highest BCUT2D eigenvalue weighted by Gasteiger charge is 2.24. The van der Waals surface area contributed by atoms with Gasteiger partial charge in [0.1, 0.15) is 5.82 Å². The van der Waals surface area contributed by atoms with Gasteiger partial charge in [0.15, 0.2) is 5.65 Å². The Morgan fingerprint density at radius 2 is 2.08 bits per heavy atom. The van der Waals surface area contributed by atoms with Crippen LogP contribution in [0.3, 0.4) is 0 Å². The molecule has 1 amide bonds. The highest BCUT2D eigenvalue weighted by Crippen LogP contribution is 2.20. The third-order valence-electron chi connectivity index (χ3n) is 4.74. The Morgan fingerprint density at radius 1 is 1.20 bits per heavy atom. The SMILES string of the molecule is Cc1ccccc1C(=O)NC1CCCN(c2ccnc3ccnn23)C1. The molecule has 0 spiro atoms. The van der Waals surface area contributed by atoms with Crippen molar-refractivity contribution < 1.29 is 4.79 Å². The van der Waals surface area contributed by atoms with Crippen LogP contribution < -0.4 is 10.2 Å². The van der Waals surface area contributed by atoms with Crippen LogP contribution in [0.25, 0.3) is 5.65 Å². The minimum Gasteiger partial charge on any atom is -0.354 e. The highest BCUT2D eigenvalue weighted by atomic mass is 16.1. The first-order valence-electron chi connectivity index (χ1n) is 8.62. The lowest BCUT2D eigenvalue weighted by Gasteiger charge is -2.34. The Kier molecular flexibility index (Phi) is 4.09. The molecule has 0 aliphatic carbocycles. The molecule has 3 heterocycles. The van der Waals surface area contributed by atoms with Crippen molar-refractivity contribution in [1.29, 1.82) is 0 Å². The smallest absolute Gasteiger partial charge is 0.251 e. The first kappa shape index (κ1) is 15.6. The number of nitrogens with zero attached hydrogens (tertiary/aromatic N) is 4. The molecule has 1 aliphatic heterocycles. The molecule has 2 aromatic heterocycles. The number of aromatic nitrogens is 3. The lowest BCUT2D eigenvalue weighted by molar-refractivity contribution is 0.0932. The topological polar surface area (TPSA) is 62.5 Å². The fraction of sp³-hybridized carbons (Fsp3) is 0.316. The molecule has 3 aromatic rings. The second-order valence-electron chi connectivity index (χ2n) is 6.48. The molecule has 0 radical (unpaired) electrons. The Morgan fingerprint density at radius 3 is 2.96 bits per heavy atom. The second kappa shape index (κ2) is 6.55. The monoisotopic (exact) mass is 335 g/mol. The molecule has 128 valence electrons. The summed E-state index contributed by atoms with van der Waals surface area (Å²) in [6.07, 6.45) is 5.58. The summed E-state index contributed by atoms with van der Waals surface area (Å²) >= 11 is 0. The van der Waals surface area contributed by atoms with E-state index in [9.17, 15) is 4.79 Å². The number of rotatable bonds is 3. The predicted molar refractivity (Wildman–Crippen MR) is 96.9 cm³/mol. The molecule has 1 aromatic carbocycles. The van der Waals surface area contributed by atoms with Gasteiger partial charge in [0.05, 0.1) is 6.20 Å². The summed E-state index contributed by atoms with van der Waals surface area (Å²) in [5.74, 6) is 1.02. The zero-order valence-electron chi connectivity index (χ0n) is 14.2. The fourth-order valence-electron chi connectivity index (χ4n) is 3.45. The molecule has 1 aliphatic rings. The Hall–Kier alpha value is -2.89. The standard InChI is InChI=1S/C19H21N5O/c1-14-5-2-3-7-16(14)19(25)22-15-6-4-12-23(13-15)18-9-10-20-17-8-11-21-24(17)18/h2-3,5,7-11,15H,4,6,12-13H2,1H3,(H,22,25). The van der Waals surface area contributed by atoms with Crippen molar-refractivity contribution in [3.63, 3.8) is 0 Å². The molecular formula is C19H21N5O. The van der Waals surface area contributed by atoms with Crippen LogP contribution in [0, 0.1) is 6.92 Å². The number of nitrogens with one attached hydrogen (secondary N) is 1. The van der Waals surface area contributed by atoms with Crippen LogP contribution in [-0.2, 0) is 0 Å². The van der Waals surface area contributed by atoms with Gasteiger partial charge < -0.3 is 10.2 Å². The molecule has 1 fully saturated rings. The number of piperidine rings is 1. The van der Waals surface area contributed by atoms with E-state index in [1.165, 1.54) is 0 Å². The third kappa shape index (κ3) is 3.07. The average molecular weight is 335 g/mol. The van der Waals surface area contributed by atoms with Crippen LogP contribution in [-0.4, -0.2) is 39.6 Å². The minimum atomic E-state index is 0.00362. The zero-order chi connectivity index (χ0) is 17.2. The van der Waals surface area contributed by atoms with Crippen molar-refractivity contribution in [1.82, 2.24) is 19.9 Å². The van der Waals surface area contributed by atoms with Gasteiger partial charge in [-0.2, -0.15) is 9.61 Å². The maximum atomic E-state index is 12.6. The number of fused-ring (bicyclic) bond motifs is 1. The molecule has 25 heavy (non-hydrogen) atoms. The number of amides is 1. The quantitative estimate of drug-likeness (QED) is 0.798. The summed E-state index contributed by atoms with van der Waals surface area (Å²) in [6.45, 7) is 3.69. The second-order valence-corrected chi connectivity index (χ2v) is 6.48. The van der Waals surface area contributed by atoms with Gasteiger partial charge in [-0.1, -0.05) is 18.2 Å². The largest absolute Gasteiger partial charge is 0.354 e. The summed E-state index contributed by atoms with van der Waals surface area (Å²) in [4.78, 5) is 19.2. The molecule has 1 unspecified atom stereocenters. The molecule has 0 bridgehead atoms. The van der Waals surface area contributed by atoms with Crippen LogP contribution in [0.5, 0.6) is 0 Å². The number of carbonyl (C=O) groups is 1. The van der Waals surface area contributed by atoms with Crippen molar-refractivity contribution in [3.05, 3.63) is 59.9 Å². The third-order valence-corrected chi connectivity index (χ3v) is 4.74. The van der Waals surface area contributed by atoms with E-state index >= 15 is 0 Å². The van der Waals surface area contributed by atoms with Crippen molar-refractivity contribution in [2.24, 2.45) is 0 Å². The zero-order valence-corrected chi connectivity index (χ0v) is 14.2. The van der Waals surface area contributed by atoms with Gasteiger partial charge in [0, 0.05) is 37.0 Å². The molecule has 1 atom stereocenters. The molecule has 4 rings (SSSR count). The van der Waals surface area contributed by atoms with Crippen LogP contribution in [0.15, 0.2) is 48.8 Å². The van der Waals surface area contributed by atoms with Gasteiger partial charge in [-0.15, -0.1) is 0 Å². The lowest BCUT2D eigenvalue weighted by Crippen LogP contribution is -2.48. The van der Waals surface area contributed by atoms with Gasteiger partial charge in [0.2, 0.25) is 0 Å². The van der Waals surface area contributed by atoms with Gasteiger partial charge in [0.25, 0.3) is 5.91 Å². The van der Waals surface area contributed by atoms with Crippen molar-refractivity contribution in [2.45, 2.75) is 25.8 Å². The van der Waals surface area contributed by atoms with Crippen LogP contribution in [0.4, 0.5) is 5.82 Å². The number of benzene rings is 1. The maximum absolute atomic E-state index is 12.6. The first-order chi connectivity index (χ1) is 12.2. The molecule has 6 heteroatoms. The average Bonchev–Trinajstić information content (AvgIpc) is 3.11. The predicted octanol–water partition coefficient (Wildman–Crippen LogP) is 2.44. The van der Waals surface area contributed by atoms with Gasteiger partial charge >= 0.3 is 0 Å². The van der Waals surface area contributed by atoms with Crippen molar-refractivity contribution in [3.8, 4) is 0 Å². The molecular weight excluding hydrogens is 314 g/mol. The Balaban J connectivity index is 1.51. The van der Waals surface area contributed by atoms with Crippen LogP contribution in [0.1, 0.15) is 28.8 Å². The van der Waals surface area contributed by atoms with E-state index in [0.717, 1.165) is 48.5 Å². The summed E-state index contributed by atoms with van der Waals surface area (Å²) in [7, 11) is 0. The number of hydrogen-bond donors (Lipinski definition) is 1. The summed E-state index contributed by atoms with van der Waals surface area (Å²) in [5, 5.41) is 7.56. The molecule has 1 saturated heterocycles. The van der Waals surface area contributed by atoms with Gasteiger partial charge in [-0.05, 0) is 37.5 Å².